The Hall–Kier alpha value is -0.870. The van der Waals surface area contributed by atoms with Crippen LogP contribution in [0.3, 0.4) is 0 Å². The molecular weight excluding hydrogens is 338 g/mol. The number of hydrogen-bond donors (Lipinski definition) is 1. The average Bonchev–Trinajstić information content (AvgIpc) is 2.38. The van der Waals surface area contributed by atoms with Gasteiger partial charge in [-0.1, -0.05) is 51.8 Å². The highest BCUT2D eigenvalue weighted by Gasteiger charge is 2.17. The molecule has 0 radical (unpaired) electrons. The van der Waals surface area contributed by atoms with E-state index in [2.05, 4.69) is 15.9 Å². The predicted octanol–water partition coefficient (Wildman–Crippen LogP) is 4.71. The number of rotatable bonds is 5. The Labute approximate surface area is 133 Å². The Morgan fingerprint density at radius 2 is 1.95 bits per heavy atom. The summed E-state index contributed by atoms with van der Waals surface area (Å²) >= 11 is 9.45. The summed E-state index contributed by atoms with van der Waals surface area (Å²) < 4.78 is 7.00. The topological polar surface area (TPSA) is 35.2 Å². The summed E-state index contributed by atoms with van der Waals surface area (Å²) in [6.45, 7) is 2.43. The van der Waals surface area contributed by atoms with Crippen molar-refractivity contribution >= 4 is 27.5 Å². The Bertz CT molecular complexity index is 574. The molecule has 0 heterocycles. The van der Waals surface area contributed by atoms with Gasteiger partial charge in [0.25, 0.3) is 0 Å². The summed E-state index contributed by atoms with van der Waals surface area (Å²) in [6, 6.07) is 15.6. The van der Waals surface area contributed by atoms with Gasteiger partial charge in [0, 0.05) is 15.5 Å². The van der Waals surface area contributed by atoms with Crippen LogP contribution in [0.4, 0.5) is 0 Å². The smallest absolute Gasteiger partial charge is 0.0977 e. The molecule has 2 unspecified atom stereocenters. The van der Waals surface area contributed by atoms with Crippen LogP contribution in [-0.4, -0.2) is 6.04 Å². The first-order chi connectivity index (χ1) is 9.56. The lowest BCUT2D eigenvalue weighted by Gasteiger charge is -2.22. The molecule has 0 aromatic heterocycles. The summed E-state index contributed by atoms with van der Waals surface area (Å²) in [5.74, 6) is 0. The summed E-state index contributed by atoms with van der Waals surface area (Å²) in [5.41, 5.74) is 8.15. The molecule has 2 nitrogen and oxygen atoms in total. The molecule has 0 bridgehead atoms. The van der Waals surface area contributed by atoms with Crippen molar-refractivity contribution in [1.29, 1.82) is 0 Å². The van der Waals surface area contributed by atoms with Crippen molar-refractivity contribution in [1.82, 2.24) is 0 Å². The van der Waals surface area contributed by atoms with E-state index in [9.17, 15) is 0 Å². The maximum atomic E-state index is 6.05. The molecule has 0 spiro atoms. The van der Waals surface area contributed by atoms with E-state index in [1.165, 1.54) is 0 Å². The van der Waals surface area contributed by atoms with Gasteiger partial charge in [-0.2, -0.15) is 0 Å². The first kappa shape index (κ1) is 15.5. The van der Waals surface area contributed by atoms with Crippen LogP contribution in [0.15, 0.2) is 53.0 Å². The van der Waals surface area contributed by atoms with Gasteiger partial charge in [-0.05, 0) is 42.3 Å². The standard InChI is InChI=1S/C16H17BrClNO/c1-11(19)16(13-5-3-6-14(17)9-13)20-10-12-4-2-7-15(18)8-12/h2-9,11,16H,10,19H2,1H3. The molecule has 0 saturated heterocycles. The van der Waals surface area contributed by atoms with Crippen molar-refractivity contribution in [3.8, 4) is 0 Å². The molecule has 2 atom stereocenters. The van der Waals surface area contributed by atoms with Crippen LogP contribution in [0.5, 0.6) is 0 Å². The quantitative estimate of drug-likeness (QED) is 0.844. The third-order valence-corrected chi connectivity index (χ3v) is 3.70. The fourth-order valence-electron chi connectivity index (χ4n) is 2.05. The van der Waals surface area contributed by atoms with E-state index in [-0.39, 0.29) is 12.1 Å². The molecule has 20 heavy (non-hydrogen) atoms. The number of halogens is 2. The van der Waals surface area contributed by atoms with Gasteiger partial charge >= 0.3 is 0 Å². The van der Waals surface area contributed by atoms with Gasteiger partial charge in [0.1, 0.15) is 0 Å². The highest BCUT2D eigenvalue weighted by atomic mass is 79.9. The molecule has 0 saturated carbocycles. The lowest BCUT2D eigenvalue weighted by molar-refractivity contribution is 0.0259. The third-order valence-electron chi connectivity index (χ3n) is 2.97. The zero-order chi connectivity index (χ0) is 14.5. The Kier molecular flexibility index (Phi) is 5.61. The number of hydrogen-bond acceptors (Lipinski definition) is 2. The molecule has 2 N–H and O–H groups in total. The van der Waals surface area contributed by atoms with Crippen molar-refractivity contribution in [3.05, 3.63) is 69.2 Å². The molecule has 2 aromatic carbocycles. The molecular formula is C16H17BrClNO. The van der Waals surface area contributed by atoms with E-state index in [1.807, 2.05) is 55.5 Å². The highest BCUT2D eigenvalue weighted by Crippen LogP contribution is 2.25. The van der Waals surface area contributed by atoms with E-state index in [0.29, 0.717) is 11.6 Å². The molecule has 0 aliphatic carbocycles. The van der Waals surface area contributed by atoms with Crippen LogP contribution < -0.4 is 5.73 Å². The molecule has 0 amide bonds. The predicted molar refractivity (Wildman–Crippen MR) is 86.8 cm³/mol. The molecule has 2 rings (SSSR count). The molecule has 2 aromatic rings. The Morgan fingerprint density at radius 3 is 2.60 bits per heavy atom. The number of benzene rings is 2. The summed E-state index contributed by atoms with van der Waals surface area (Å²) in [7, 11) is 0. The van der Waals surface area contributed by atoms with Gasteiger partial charge < -0.3 is 10.5 Å². The van der Waals surface area contributed by atoms with Crippen molar-refractivity contribution in [2.45, 2.75) is 25.7 Å². The molecule has 0 aliphatic heterocycles. The van der Waals surface area contributed by atoms with Gasteiger partial charge in [-0.15, -0.1) is 0 Å². The third kappa shape index (κ3) is 4.32. The van der Waals surface area contributed by atoms with Crippen LogP contribution in [0.25, 0.3) is 0 Å². The van der Waals surface area contributed by atoms with Gasteiger partial charge in [0.2, 0.25) is 0 Å². The van der Waals surface area contributed by atoms with Crippen molar-refractivity contribution in [3.63, 3.8) is 0 Å². The van der Waals surface area contributed by atoms with Crippen LogP contribution in [-0.2, 0) is 11.3 Å². The summed E-state index contributed by atoms with van der Waals surface area (Å²) in [5, 5.41) is 0.714. The Morgan fingerprint density at radius 1 is 1.20 bits per heavy atom. The van der Waals surface area contributed by atoms with Gasteiger partial charge in [0.15, 0.2) is 0 Å². The minimum absolute atomic E-state index is 0.0940. The van der Waals surface area contributed by atoms with E-state index in [4.69, 9.17) is 22.1 Å². The molecule has 106 valence electrons. The SMILES string of the molecule is CC(N)C(OCc1cccc(Cl)c1)c1cccc(Br)c1. The second-order valence-corrected chi connectivity index (χ2v) is 6.13. The minimum Gasteiger partial charge on any atom is -0.367 e. The zero-order valence-electron chi connectivity index (χ0n) is 11.2. The van der Waals surface area contributed by atoms with Crippen molar-refractivity contribution in [2.75, 3.05) is 0 Å². The number of ether oxygens (including phenoxy) is 1. The van der Waals surface area contributed by atoms with E-state index in [1.54, 1.807) is 0 Å². The monoisotopic (exact) mass is 353 g/mol. The first-order valence-electron chi connectivity index (χ1n) is 6.43. The fraction of sp³-hybridized carbons (Fsp3) is 0.250. The lowest BCUT2D eigenvalue weighted by Crippen LogP contribution is -2.27. The van der Waals surface area contributed by atoms with Crippen LogP contribution >= 0.6 is 27.5 Å². The van der Waals surface area contributed by atoms with Gasteiger partial charge in [0.05, 0.1) is 12.7 Å². The van der Waals surface area contributed by atoms with E-state index < -0.39 is 0 Å². The second kappa shape index (κ2) is 7.23. The molecule has 0 fully saturated rings. The van der Waals surface area contributed by atoms with Gasteiger partial charge in [-0.25, -0.2) is 0 Å². The minimum atomic E-state index is -0.147. The summed E-state index contributed by atoms with van der Waals surface area (Å²) in [4.78, 5) is 0. The zero-order valence-corrected chi connectivity index (χ0v) is 13.6. The molecule has 0 aliphatic rings. The van der Waals surface area contributed by atoms with E-state index >= 15 is 0 Å². The van der Waals surface area contributed by atoms with Gasteiger partial charge in [-0.3, -0.25) is 0 Å². The average molecular weight is 355 g/mol. The number of nitrogens with two attached hydrogens (primary N) is 1. The van der Waals surface area contributed by atoms with E-state index in [0.717, 1.165) is 15.6 Å². The lowest BCUT2D eigenvalue weighted by atomic mass is 10.0. The fourth-order valence-corrected chi connectivity index (χ4v) is 2.68. The maximum absolute atomic E-state index is 6.05. The molecule has 4 heteroatoms. The largest absolute Gasteiger partial charge is 0.367 e. The summed E-state index contributed by atoms with van der Waals surface area (Å²) in [6.07, 6.45) is -0.147. The maximum Gasteiger partial charge on any atom is 0.0977 e. The van der Waals surface area contributed by atoms with Crippen LogP contribution in [0.2, 0.25) is 5.02 Å². The highest BCUT2D eigenvalue weighted by molar-refractivity contribution is 9.10. The first-order valence-corrected chi connectivity index (χ1v) is 7.60. The second-order valence-electron chi connectivity index (χ2n) is 4.78. The van der Waals surface area contributed by atoms with Crippen molar-refractivity contribution in [2.24, 2.45) is 5.73 Å². The Balaban J connectivity index is 2.10. The van der Waals surface area contributed by atoms with Crippen molar-refractivity contribution < 1.29 is 4.74 Å². The van der Waals surface area contributed by atoms with Crippen LogP contribution in [0.1, 0.15) is 24.2 Å². The van der Waals surface area contributed by atoms with Crippen LogP contribution in [0, 0.1) is 0 Å². The normalized spacial score (nSPS) is 14.0.